The van der Waals surface area contributed by atoms with E-state index in [0.717, 1.165) is 15.1 Å². The zero-order chi connectivity index (χ0) is 17.5. The van der Waals surface area contributed by atoms with E-state index >= 15 is 0 Å². The summed E-state index contributed by atoms with van der Waals surface area (Å²) in [5, 5.41) is 9.86. The van der Waals surface area contributed by atoms with Crippen LogP contribution in [0.3, 0.4) is 0 Å². The number of hydrogen-bond acceptors (Lipinski definition) is 5. The summed E-state index contributed by atoms with van der Waals surface area (Å²) in [5.41, 5.74) is 1.83. The van der Waals surface area contributed by atoms with Crippen molar-refractivity contribution >= 4 is 45.3 Å². The smallest absolute Gasteiger partial charge is 0.309 e. The molecule has 0 spiro atoms. The summed E-state index contributed by atoms with van der Waals surface area (Å²) in [6.07, 6.45) is -0.0320. The van der Waals surface area contributed by atoms with Gasteiger partial charge in [-0.05, 0) is 33.6 Å². The number of benzene rings is 1. The minimum absolute atomic E-state index is 0.00276. The Kier molecular flexibility index (Phi) is 7.90. The Bertz CT molecular complexity index is 596. The number of thioether (sulfide) groups is 1. The summed E-state index contributed by atoms with van der Waals surface area (Å²) >= 11 is 11.1. The second kappa shape index (κ2) is 9.68. The Labute approximate surface area is 159 Å². The fraction of sp³-hybridized carbons (Fsp3) is 0.438. The van der Waals surface area contributed by atoms with E-state index in [-0.39, 0.29) is 11.8 Å². The van der Waals surface area contributed by atoms with Crippen LogP contribution in [0, 0.1) is 0 Å². The van der Waals surface area contributed by atoms with Crippen LogP contribution >= 0.6 is 39.3 Å². The molecule has 2 rings (SSSR count). The highest BCUT2D eigenvalue weighted by atomic mass is 79.9. The average Bonchev–Trinajstić information content (AvgIpc) is 2.84. The van der Waals surface area contributed by atoms with Gasteiger partial charge in [-0.1, -0.05) is 35.5 Å². The van der Waals surface area contributed by atoms with Crippen molar-refractivity contribution in [3.8, 4) is 0 Å². The van der Waals surface area contributed by atoms with Crippen molar-refractivity contribution in [1.29, 1.82) is 0 Å². The number of aliphatic carboxylic acids is 1. The van der Waals surface area contributed by atoms with Gasteiger partial charge in [0.25, 0.3) is 0 Å². The number of hydrogen-bond donors (Lipinski definition) is 1. The van der Waals surface area contributed by atoms with Crippen molar-refractivity contribution < 1.29 is 19.4 Å². The fourth-order valence-corrected chi connectivity index (χ4v) is 4.53. The third-order valence-electron chi connectivity index (χ3n) is 3.45. The van der Waals surface area contributed by atoms with Gasteiger partial charge in [-0.15, -0.1) is 0 Å². The Morgan fingerprint density at radius 2 is 2.04 bits per heavy atom. The van der Waals surface area contributed by atoms with E-state index in [1.54, 1.807) is 18.9 Å². The first-order valence-corrected chi connectivity index (χ1v) is 9.44. The molecule has 0 aromatic heterocycles. The van der Waals surface area contributed by atoms with Gasteiger partial charge in [-0.3, -0.25) is 4.79 Å². The summed E-state index contributed by atoms with van der Waals surface area (Å²) in [7, 11) is 1.63. The molecule has 0 radical (unpaired) electrons. The lowest BCUT2D eigenvalue weighted by Gasteiger charge is -2.28. The van der Waals surface area contributed by atoms with Gasteiger partial charge in [0.1, 0.15) is 5.37 Å². The summed E-state index contributed by atoms with van der Waals surface area (Å²) in [5.74, 6) is -0.857. The standard InChI is InChI=1S/C16H19BrClNO4S/c1-22-8-9-23-7-6-19-13(10-14(20)21)15(17)24-16(19)11-2-4-12(18)5-3-11/h2-5,16H,6-10H2,1H3,(H,20,21). The molecule has 8 heteroatoms. The number of nitrogens with zero attached hydrogens (tertiary/aromatic N) is 1. The van der Waals surface area contributed by atoms with E-state index in [0.29, 0.717) is 31.4 Å². The van der Waals surface area contributed by atoms with E-state index in [2.05, 4.69) is 20.8 Å². The van der Waals surface area contributed by atoms with Gasteiger partial charge in [0, 0.05) is 24.4 Å². The number of methoxy groups -OCH3 is 1. The molecule has 0 saturated carbocycles. The highest BCUT2D eigenvalue weighted by molar-refractivity contribution is 9.14. The van der Waals surface area contributed by atoms with Crippen LogP contribution in [0.25, 0.3) is 0 Å². The summed E-state index contributed by atoms with van der Waals surface area (Å²) in [6.45, 7) is 2.15. The lowest BCUT2D eigenvalue weighted by molar-refractivity contribution is -0.136. The minimum Gasteiger partial charge on any atom is -0.481 e. The van der Waals surface area contributed by atoms with E-state index in [1.807, 2.05) is 24.3 Å². The van der Waals surface area contributed by atoms with Crippen molar-refractivity contribution in [3.63, 3.8) is 0 Å². The first kappa shape index (κ1) is 19.6. The summed E-state index contributed by atoms with van der Waals surface area (Å²) < 4.78 is 11.4. The number of carboxylic acid groups (broad SMARTS) is 1. The maximum absolute atomic E-state index is 11.2. The molecule has 1 aliphatic rings. The zero-order valence-corrected chi connectivity index (χ0v) is 16.4. The highest BCUT2D eigenvalue weighted by Crippen LogP contribution is 2.50. The lowest BCUT2D eigenvalue weighted by Crippen LogP contribution is -2.28. The quantitative estimate of drug-likeness (QED) is 0.588. The predicted octanol–water partition coefficient (Wildman–Crippen LogP) is 4.09. The van der Waals surface area contributed by atoms with Gasteiger partial charge < -0.3 is 19.5 Å². The molecule has 1 heterocycles. The molecule has 0 amide bonds. The van der Waals surface area contributed by atoms with Crippen molar-refractivity contribution in [2.75, 3.05) is 33.5 Å². The van der Waals surface area contributed by atoms with E-state index in [1.165, 1.54) is 0 Å². The molecule has 24 heavy (non-hydrogen) atoms. The van der Waals surface area contributed by atoms with E-state index in [9.17, 15) is 9.90 Å². The second-order valence-electron chi connectivity index (χ2n) is 5.11. The third kappa shape index (κ3) is 5.39. The monoisotopic (exact) mass is 435 g/mol. The van der Waals surface area contributed by atoms with Crippen molar-refractivity contribution in [1.82, 2.24) is 4.90 Å². The largest absolute Gasteiger partial charge is 0.481 e. The molecule has 132 valence electrons. The predicted molar refractivity (Wildman–Crippen MR) is 99.4 cm³/mol. The summed E-state index contributed by atoms with van der Waals surface area (Å²) in [4.78, 5) is 13.3. The number of carbonyl (C=O) groups is 1. The van der Waals surface area contributed by atoms with Gasteiger partial charge in [0.15, 0.2) is 0 Å². The molecule has 1 atom stereocenters. The van der Waals surface area contributed by atoms with Gasteiger partial charge in [-0.2, -0.15) is 0 Å². The average molecular weight is 437 g/mol. The molecule has 1 aromatic carbocycles. The van der Waals surface area contributed by atoms with Gasteiger partial charge in [-0.25, -0.2) is 0 Å². The van der Waals surface area contributed by atoms with Gasteiger partial charge in [0.05, 0.1) is 30.1 Å². The fourth-order valence-electron chi connectivity index (χ4n) is 2.33. The van der Waals surface area contributed by atoms with Gasteiger partial charge in [0.2, 0.25) is 0 Å². The Hall–Kier alpha value is -0.730. The SMILES string of the molecule is COCCOCCN1C(CC(=O)O)=C(Br)SC1c1ccc(Cl)cc1. The molecule has 5 nitrogen and oxygen atoms in total. The molecule has 1 aromatic rings. The number of ether oxygens (including phenoxy) is 2. The molecule has 0 aliphatic carbocycles. The lowest BCUT2D eigenvalue weighted by atomic mass is 10.2. The van der Waals surface area contributed by atoms with Crippen molar-refractivity contribution in [2.24, 2.45) is 0 Å². The van der Waals surface area contributed by atoms with Crippen LogP contribution in [0.5, 0.6) is 0 Å². The maximum Gasteiger partial charge on any atom is 0.309 e. The Morgan fingerprint density at radius 3 is 2.67 bits per heavy atom. The number of halogens is 2. The van der Waals surface area contributed by atoms with Gasteiger partial charge >= 0.3 is 5.97 Å². The number of rotatable bonds is 9. The van der Waals surface area contributed by atoms with Crippen LogP contribution in [0.4, 0.5) is 0 Å². The van der Waals surface area contributed by atoms with Crippen LogP contribution in [0.15, 0.2) is 33.8 Å². The van der Waals surface area contributed by atoms with Crippen LogP contribution in [0.2, 0.25) is 5.02 Å². The zero-order valence-electron chi connectivity index (χ0n) is 13.2. The van der Waals surface area contributed by atoms with Crippen LogP contribution in [-0.2, 0) is 14.3 Å². The Balaban J connectivity index is 2.11. The van der Waals surface area contributed by atoms with E-state index in [4.69, 9.17) is 21.1 Å². The molecular formula is C16H19BrClNO4S. The highest BCUT2D eigenvalue weighted by Gasteiger charge is 2.33. The third-order valence-corrected chi connectivity index (χ3v) is 5.92. The van der Waals surface area contributed by atoms with Crippen molar-refractivity contribution in [3.05, 3.63) is 44.4 Å². The molecular weight excluding hydrogens is 418 g/mol. The molecule has 1 N–H and O–H groups in total. The molecule has 0 bridgehead atoms. The molecule has 0 saturated heterocycles. The van der Waals surface area contributed by atoms with Crippen LogP contribution < -0.4 is 0 Å². The van der Waals surface area contributed by atoms with Crippen molar-refractivity contribution in [2.45, 2.75) is 11.8 Å². The van der Waals surface area contributed by atoms with Crippen LogP contribution in [-0.4, -0.2) is 49.5 Å². The normalized spacial score (nSPS) is 17.6. The number of carboxylic acids is 1. The van der Waals surface area contributed by atoms with E-state index < -0.39 is 5.97 Å². The maximum atomic E-state index is 11.2. The first-order chi connectivity index (χ1) is 11.5. The Morgan fingerprint density at radius 1 is 1.33 bits per heavy atom. The summed E-state index contributed by atoms with van der Waals surface area (Å²) in [6, 6.07) is 7.60. The molecule has 1 unspecified atom stereocenters. The molecule has 0 fully saturated rings. The van der Waals surface area contributed by atoms with Crippen LogP contribution in [0.1, 0.15) is 17.4 Å². The first-order valence-electron chi connectivity index (χ1n) is 7.38. The minimum atomic E-state index is -0.857. The topological polar surface area (TPSA) is 59.0 Å². The molecule has 1 aliphatic heterocycles. The second-order valence-corrected chi connectivity index (χ2v) is 7.96.